The van der Waals surface area contributed by atoms with Crippen LogP contribution in [0.4, 0.5) is 5.69 Å². The topological polar surface area (TPSA) is 92.4 Å². The van der Waals surface area contributed by atoms with E-state index in [1.807, 2.05) is 13.0 Å². The number of nitrogens with two attached hydrogens (primary N) is 1. The van der Waals surface area contributed by atoms with Crippen molar-refractivity contribution < 1.29 is 14.7 Å². The molecule has 0 heterocycles. The first kappa shape index (κ1) is 15.4. The number of carbonyl (C=O) groups excluding carboxylic acids is 1. The molecule has 5 nitrogen and oxygen atoms in total. The van der Waals surface area contributed by atoms with Crippen LogP contribution in [-0.4, -0.2) is 22.5 Å². The molecule has 1 aliphatic rings. The van der Waals surface area contributed by atoms with Gasteiger partial charge >= 0.3 is 5.97 Å². The van der Waals surface area contributed by atoms with E-state index in [1.54, 1.807) is 12.1 Å². The van der Waals surface area contributed by atoms with Crippen molar-refractivity contribution in [2.24, 2.45) is 5.92 Å². The Balaban J connectivity index is 2.23. The fraction of sp³-hybridized carbons (Fsp3) is 0.500. The second-order valence-electron chi connectivity index (χ2n) is 6.11. The standard InChI is InChI=1S/C16H22N2O3/c1-10-5-7-16(8-6-10,15(20)21)18-14(19)12-9-11(2)3-4-13(12)17/h3-4,9-10H,5-8,17H2,1-2H3,(H,18,19)(H,20,21). The summed E-state index contributed by atoms with van der Waals surface area (Å²) in [5.41, 5.74) is 6.28. The lowest BCUT2D eigenvalue weighted by atomic mass is 9.77. The molecule has 0 unspecified atom stereocenters. The van der Waals surface area contributed by atoms with Crippen molar-refractivity contribution in [1.82, 2.24) is 5.32 Å². The van der Waals surface area contributed by atoms with Crippen LogP contribution in [-0.2, 0) is 4.79 Å². The van der Waals surface area contributed by atoms with Gasteiger partial charge in [-0.2, -0.15) is 0 Å². The molecule has 21 heavy (non-hydrogen) atoms. The van der Waals surface area contributed by atoms with Crippen LogP contribution in [0.25, 0.3) is 0 Å². The first-order chi connectivity index (χ1) is 9.84. The number of carbonyl (C=O) groups is 2. The van der Waals surface area contributed by atoms with Crippen molar-refractivity contribution in [2.45, 2.75) is 45.1 Å². The molecule has 1 aliphatic carbocycles. The minimum Gasteiger partial charge on any atom is -0.480 e. The average molecular weight is 290 g/mol. The van der Waals surface area contributed by atoms with Gasteiger partial charge in [0.2, 0.25) is 0 Å². The third kappa shape index (κ3) is 3.17. The Morgan fingerprint density at radius 1 is 1.33 bits per heavy atom. The zero-order valence-corrected chi connectivity index (χ0v) is 12.5. The highest BCUT2D eigenvalue weighted by molar-refractivity contribution is 6.01. The van der Waals surface area contributed by atoms with Crippen LogP contribution in [0.15, 0.2) is 18.2 Å². The monoisotopic (exact) mass is 290 g/mol. The van der Waals surface area contributed by atoms with Gasteiger partial charge in [-0.25, -0.2) is 4.79 Å². The Labute approximate surface area is 124 Å². The number of hydrogen-bond acceptors (Lipinski definition) is 3. The first-order valence-electron chi connectivity index (χ1n) is 7.26. The van der Waals surface area contributed by atoms with E-state index in [0.29, 0.717) is 30.0 Å². The predicted molar refractivity (Wildman–Crippen MR) is 81.1 cm³/mol. The van der Waals surface area contributed by atoms with Gasteiger partial charge < -0.3 is 16.2 Å². The molecular formula is C16H22N2O3. The lowest BCUT2D eigenvalue weighted by molar-refractivity contribution is -0.146. The first-order valence-corrected chi connectivity index (χ1v) is 7.26. The molecule has 1 fully saturated rings. The summed E-state index contributed by atoms with van der Waals surface area (Å²) in [6, 6.07) is 5.17. The van der Waals surface area contributed by atoms with Crippen molar-refractivity contribution in [3.63, 3.8) is 0 Å². The van der Waals surface area contributed by atoms with Crippen molar-refractivity contribution in [2.75, 3.05) is 5.73 Å². The molecule has 4 N–H and O–H groups in total. The van der Waals surface area contributed by atoms with Crippen LogP contribution in [0.1, 0.15) is 48.5 Å². The fourth-order valence-corrected chi connectivity index (χ4v) is 2.80. The molecule has 0 saturated heterocycles. The maximum Gasteiger partial charge on any atom is 0.329 e. The molecule has 1 aromatic rings. The van der Waals surface area contributed by atoms with Crippen LogP contribution in [0.3, 0.4) is 0 Å². The number of aliphatic carboxylic acids is 1. The highest BCUT2D eigenvalue weighted by atomic mass is 16.4. The lowest BCUT2D eigenvalue weighted by Gasteiger charge is -2.36. The number of benzene rings is 1. The number of rotatable bonds is 3. The van der Waals surface area contributed by atoms with E-state index in [9.17, 15) is 14.7 Å². The number of nitrogens with one attached hydrogen (secondary N) is 1. The molecular weight excluding hydrogens is 268 g/mol. The Morgan fingerprint density at radius 2 is 1.95 bits per heavy atom. The molecule has 2 rings (SSSR count). The van der Waals surface area contributed by atoms with Crippen LogP contribution in [0.5, 0.6) is 0 Å². The number of nitrogen functional groups attached to an aromatic ring is 1. The third-order valence-electron chi connectivity index (χ3n) is 4.34. The van der Waals surface area contributed by atoms with Gasteiger partial charge in [-0.1, -0.05) is 18.6 Å². The molecule has 0 radical (unpaired) electrons. The van der Waals surface area contributed by atoms with Crippen molar-refractivity contribution in [3.8, 4) is 0 Å². The second-order valence-corrected chi connectivity index (χ2v) is 6.11. The van der Waals surface area contributed by atoms with E-state index in [0.717, 1.165) is 18.4 Å². The Kier molecular flexibility index (Phi) is 4.21. The van der Waals surface area contributed by atoms with Crippen LogP contribution < -0.4 is 11.1 Å². The maximum atomic E-state index is 12.4. The molecule has 5 heteroatoms. The van der Waals surface area contributed by atoms with E-state index < -0.39 is 17.4 Å². The van der Waals surface area contributed by atoms with Crippen molar-refractivity contribution in [1.29, 1.82) is 0 Å². The Bertz CT molecular complexity index is 561. The van der Waals surface area contributed by atoms with E-state index >= 15 is 0 Å². The van der Waals surface area contributed by atoms with E-state index in [2.05, 4.69) is 12.2 Å². The summed E-state index contributed by atoms with van der Waals surface area (Å²) in [5, 5.41) is 12.3. The third-order valence-corrected chi connectivity index (χ3v) is 4.34. The van der Waals surface area contributed by atoms with Crippen LogP contribution >= 0.6 is 0 Å². The smallest absolute Gasteiger partial charge is 0.329 e. The van der Waals surface area contributed by atoms with Gasteiger partial charge in [-0.15, -0.1) is 0 Å². The van der Waals surface area contributed by atoms with E-state index in [1.165, 1.54) is 0 Å². The quantitative estimate of drug-likeness (QED) is 0.745. The molecule has 0 bridgehead atoms. The van der Waals surface area contributed by atoms with Gasteiger partial charge in [0.25, 0.3) is 5.91 Å². The minimum atomic E-state index is -1.17. The predicted octanol–water partition coefficient (Wildman–Crippen LogP) is 2.34. The normalized spacial score (nSPS) is 25.3. The molecule has 0 aliphatic heterocycles. The Morgan fingerprint density at radius 3 is 2.52 bits per heavy atom. The fourth-order valence-electron chi connectivity index (χ4n) is 2.80. The molecule has 0 aromatic heterocycles. The number of carboxylic acids is 1. The lowest BCUT2D eigenvalue weighted by Crippen LogP contribution is -2.56. The van der Waals surface area contributed by atoms with Gasteiger partial charge in [-0.3, -0.25) is 4.79 Å². The summed E-state index contributed by atoms with van der Waals surface area (Å²) in [6.07, 6.45) is 2.52. The molecule has 1 amide bonds. The highest BCUT2D eigenvalue weighted by Crippen LogP contribution is 2.32. The zero-order valence-electron chi connectivity index (χ0n) is 12.5. The molecule has 1 aromatic carbocycles. The zero-order chi connectivity index (χ0) is 15.6. The van der Waals surface area contributed by atoms with Gasteiger partial charge in [0.1, 0.15) is 5.54 Å². The molecule has 0 atom stereocenters. The number of aryl methyl sites for hydroxylation is 1. The summed E-state index contributed by atoms with van der Waals surface area (Å²) in [5.74, 6) is -0.874. The SMILES string of the molecule is Cc1ccc(N)c(C(=O)NC2(C(=O)O)CCC(C)CC2)c1. The maximum absolute atomic E-state index is 12.4. The van der Waals surface area contributed by atoms with Crippen molar-refractivity contribution in [3.05, 3.63) is 29.3 Å². The van der Waals surface area contributed by atoms with E-state index in [4.69, 9.17) is 5.73 Å². The largest absolute Gasteiger partial charge is 0.480 e. The van der Waals surface area contributed by atoms with Gasteiger partial charge in [0, 0.05) is 5.69 Å². The Hall–Kier alpha value is -2.04. The second kappa shape index (κ2) is 5.76. The highest BCUT2D eigenvalue weighted by Gasteiger charge is 2.42. The summed E-state index contributed by atoms with van der Waals surface area (Å²) < 4.78 is 0. The summed E-state index contributed by atoms with van der Waals surface area (Å²) in [7, 11) is 0. The number of hydrogen-bond donors (Lipinski definition) is 3. The average Bonchev–Trinajstić information content (AvgIpc) is 2.44. The molecule has 0 spiro atoms. The van der Waals surface area contributed by atoms with Gasteiger partial charge in [-0.05, 0) is 50.7 Å². The van der Waals surface area contributed by atoms with Crippen molar-refractivity contribution >= 4 is 17.6 Å². The molecule has 1 saturated carbocycles. The summed E-state index contributed by atoms with van der Waals surface area (Å²) >= 11 is 0. The van der Waals surface area contributed by atoms with Crippen LogP contribution in [0, 0.1) is 12.8 Å². The summed E-state index contributed by atoms with van der Waals surface area (Å²) in [6.45, 7) is 3.97. The summed E-state index contributed by atoms with van der Waals surface area (Å²) in [4.78, 5) is 24.1. The van der Waals surface area contributed by atoms with Gasteiger partial charge in [0.05, 0.1) is 5.56 Å². The molecule has 114 valence electrons. The number of anilines is 1. The number of carboxylic acid groups (broad SMARTS) is 1. The van der Waals surface area contributed by atoms with E-state index in [-0.39, 0.29) is 0 Å². The number of amides is 1. The van der Waals surface area contributed by atoms with Gasteiger partial charge in [0.15, 0.2) is 0 Å². The minimum absolute atomic E-state index is 0.342. The van der Waals surface area contributed by atoms with Crippen LogP contribution in [0.2, 0.25) is 0 Å².